The molecule has 0 amide bonds. The van der Waals surface area contributed by atoms with Gasteiger partial charge in [-0.25, -0.2) is 9.59 Å². The molecule has 1 fully saturated rings. The Balaban J connectivity index is 1.90. The molecule has 0 aromatic carbocycles. The molecule has 0 aromatic rings. The van der Waals surface area contributed by atoms with Crippen molar-refractivity contribution in [3.8, 4) is 0 Å². The van der Waals surface area contributed by atoms with Crippen LogP contribution >= 0.6 is 0 Å². The molecule has 5 nitrogen and oxygen atoms in total. The van der Waals surface area contributed by atoms with E-state index in [-0.39, 0.29) is 30.1 Å². The molecule has 4 atom stereocenters. The smallest absolute Gasteiger partial charge is 0.334 e. The van der Waals surface area contributed by atoms with Crippen molar-refractivity contribution in [2.75, 3.05) is 0 Å². The Morgan fingerprint density at radius 1 is 1.24 bits per heavy atom. The summed E-state index contributed by atoms with van der Waals surface area (Å²) in [7, 11) is 0. The molecule has 1 aliphatic carbocycles. The van der Waals surface area contributed by atoms with Crippen molar-refractivity contribution in [3.63, 3.8) is 0 Å². The van der Waals surface area contributed by atoms with E-state index in [9.17, 15) is 14.7 Å². The predicted molar refractivity (Wildman–Crippen MR) is 92.5 cm³/mol. The Bertz CT molecular complexity index is 695. The lowest BCUT2D eigenvalue weighted by atomic mass is 9.86. The van der Waals surface area contributed by atoms with Crippen molar-refractivity contribution < 1.29 is 24.2 Å². The molecule has 1 N–H and O–H groups in total. The number of carbonyl (C=O) groups is 2. The number of allylic oxidation sites excluding steroid dienone is 1. The van der Waals surface area contributed by atoms with Crippen LogP contribution < -0.4 is 0 Å². The van der Waals surface area contributed by atoms with Crippen molar-refractivity contribution >= 4 is 11.9 Å². The van der Waals surface area contributed by atoms with E-state index in [1.807, 2.05) is 19.1 Å². The highest BCUT2D eigenvalue weighted by molar-refractivity contribution is 5.91. The van der Waals surface area contributed by atoms with Gasteiger partial charge < -0.3 is 14.6 Å². The minimum atomic E-state index is -1.03. The molecule has 1 saturated heterocycles. The number of ether oxygens (including phenoxy) is 2. The van der Waals surface area contributed by atoms with Crippen LogP contribution in [0, 0.1) is 5.92 Å². The monoisotopic (exact) mass is 344 g/mol. The summed E-state index contributed by atoms with van der Waals surface area (Å²) in [5.41, 5.74) is 1.03. The van der Waals surface area contributed by atoms with Gasteiger partial charge >= 0.3 is 11.9 Å². The largest absolute Gasteiger partial charge is 0.454 e. The number of hydrogen-bond acceptors (Lipinski definition) is 5. The second-order valence-electron chi connectivity index (χ2n) is 7.36. The highest BCUT2D eigenvalue weighted by Gasteiger charge is 2.38. The molecule has 2 heterocycles. The van der Waals surface area contributed by atoms with Gasteiger partial charge in [-0.3, -0.25) is 0 Å². The van der Waals surface area contributed by atoms with Crippen molar-refractivity contribution in [1.29, 1.82) is 0 Å². The van der Waals surface area contributed by atoms with Gasteiger partial charge in [0.05, 0.1) is 5.60 Å². The van der Waals surface area contributed by atoms with Gasteiger partial charge in [-0.2, -0.15) is 0 Å². The molecule has 0 radical (unpaired) electrons. The molecule has 0 saturated carbocycles. The third-order valence-corrected chi connectivity index (χ3v) is 5.01. The van der Waals surface area contributed by atoms with Crippen LogP contribution in [0.15, 0.2) is 47.6 Å². The second-order valence-corrected chi connectivity index (χ2v) is 7.36. The molecule has 2 bridgehead atoms. The topological polar surface area (TPSA) is 72.8 Å². The van der Waals surface area contributed by atoms with E-state index in [1.54, 1.807) is 19.1 Å². The standard InChI is InChI=1S/C20H24O5/c1-12-9-15-11-14(19(22)24-15)5-4-7-20(3,23)8-6-16-13(2)18(21)25-17(16)10-12/h4,7,10-11,15-17,23H,2,5-6,8-9H2,1,3H3/b7-4+,12-10+/t15-,16-,17+,20-/m1/s1. The highest BCUT2D eigenvalue weighted by Crippen LogP contribution is 2.35. The lowest BCUT2D eigenvalue weighted by Crippen LogP contribution is -2.24. The van der Waals surface area contributed by atoms with Gasteiger partial charge in [0.15, 0.2) is 0 Å². The van der Waals surface area contributed by atoms with E-state index in [0.29, 0.717) is 36.8 Å². The maximum atomic E-state index is 11.9. The summed E-state index contributed by atoms with van der Waals surface area (Å²) in [6.45, 7) is 7.52. The first kappa shape index (κ1) is 17.7. The number of aliphatic hydroxyl groups is 1. The van der Waals surface area contributed by atoms with Gasteiger partial charge in [-0.1, -0.05) is 24.3 Å². The van der Waals surface area contributed by atoms with Crippen LogP contribution in [0.5, 0.6) is 0 Å². The Labute approximate surface area is 147 Å². The van der Waals surface area contributed by atoms with Crippen LogP contribution in [-0.4, -0.2) is 34.9 Å². The van der Waals surface area contributed by atoms with Crippen LogP contribution in [0.2, 0.25) is 0 Å². The summed E-state index contributed by atoms with van der Waals surface area (Å²) in [4.78, 5) is 23.9. The molecule has 0 spiro atoms. The number of fused-ring (bicyclic) bond motifs is 2. The minimum absolute atomic E-state index is 0.150. The third kappa shape index (κ3) is 3.93. The quantitative estimate of drug-likeness (QED) is 0.416. The summed E-state index contributed by atoms with van der Waals surface area (Å²) in [6.07, 6.45) is 8.65. The molecule has 134 valence electrons. The molecule has 2 aliphatic heterocycles. The van der Waals surface area contributed by atoms with Crippen molar-refractivity contribution in [2.45, 2.75) is 57.3 Å². The van der Waals surface area contributed by atoms with Crippen molar-refractivity contribution in [2.24, 2.45) is 5.92 Å². The predicted octanol–water partition coefficient (Wildman–Crippen LogP) is 2.76. The van der Waals surface area contributed by atoms with Gasteiger partial charge in [-0.05, 0) is 45.3 Å². The van der Waals surface area contributed by atoms with Gasteiger partial charge in [-0.15, -0.1) is 0 Å². The third-order valence-electron chi connectivity index (χ3n) is 5.01. The van der Waals surface area contributed by atoms with E-state index in [1.165, 1.54) is 0 Å². The Morgan fingerprint density at radius 2 is 2.00 bits per heavy atom. The summed E-state index contributed by atoms with van der Waals surface area (Å²) in [5.74, 6) is -0.842. The zero-order valence-corrected chi connectivity index (χ0v) is 14.7. The molecule has 0 aromatic heterocycles. The lowest BCUT2D eigenvalue weighted by molar-refractivity contribution is -0.139. The first-order chi connectivity index (χ1) is 11.7. The average molecular weight is 344 g/mol. The van der Waals surface area contributed by atoms with Gasteiger partial charge in [0, 0.05) is 23.5 Å². The molecular formula is C20H24O5. The summed E-state index contributed by atoms with van der Waals surface area (Å²) in [6, 6.07) is 0. The van der Waals surface area contributed by atoms with E-state index < -0.39 is 5.60 Å². The van der Waals surface area contributed by atoms with E-state index >= 15 is 0 Å². The van der Waals surface area contributed by atoms with Crippen LogP contribution in [0.3, 0.4) is 0 Å². The van der Waals surface area contributed by atoms with Crippen LogP contribution in [0.1, 0.15) is 39.5 Å². The first-order valence-corrected chi connectivity index (χ1v) is 8.64. The van der Waals surface area contributed by atoms with Crippen LogP contribution in [0.4, 0.5) is 0 Å². The second kappa shape index (κ2) is 6.64. The molecule has 3 aliphatic rings. The summed E-state index contributed by atoms with van der Waals surface area (Å²) in [5, 5.41) is 10.6. The normalized spacial score (nSPS) is 39.5. The molecule has 25 heavy (non-hydrogen) atoms. The number of hydrogen-bond donors (Lipinski definition) is 1. The maximum Gasteiger partial charge on any atom is 0.334 e. The Hall–Kier alpha value is -2.14. The van der Waals surface area contributed by atoms with E-state index in [0.717, 1.165) is 5.57 Å². The molecule has 3 rings (SSSR count). The fraction of sp³-hybridized carbons (Fsp3) is 0.500. The van der Waals surface area contributed by atoms with Crippen molar-refractivity contribution in [3.05, 3.63) is 47.6 Å². The molecule has 0 unspecified atom stereocenters. The molecular weight excluding hydrogens is 320 g/mol. The number of esters is 2. The zero-order chi connectivity index (χ0) is 18.2. The van der Waals surface area contributed by atoms with Gasteiger partial charge in [0.2, 0.25) is 0 Å². The Kier molecular flexibility index (Phi) is 4.69. The van der Waals surface area contributed by atoms with Gasteiger partial charge in [0.25, 0.3) is 0 Å². The number of rotatable bonds is 0. The molecule has 5 heteroatoms. The highest BCUT2D eigenvalue weighted by atomic mass is 16.6. The Morgan fingerprint density at radius 3 is 2.76 bits per heavy atom. The summed E-state index contributed by atoms with van der Waals surface area (Å²) >= 11 is 0. The fourth-order valence-corrected chi connectivity index (χ4v) is 3.55. The van der Waals surface area contributed by atoms with E-state index in [4.69, 9.17) is 9.47 Å². The zero-order valence-electron chi connectivity index (χ0n) is 14.7. The van der Waals surface area contributed by atoms with Crippen molar-refractivity contribution in [1.82, 2.24) is 0 Å². The van der Waals surface area contributed by atoms with Crippen LogP contribution in [0.25, 0.3) is 0 Å². The maximum absolute atomic E-state index is 11.9. The first-order valence-electron chi connectivity index (χ1n) is 8.64. The summed E-state index contributed by atoms with van der Waals surface area (Å²) < 4.78 is 10.8. The minimum Gasteiger partial charge on any atom is -0.454 e. The fourth-order valence-electron chi connectivity index (χ4n) is 3.55. The number of carbonyl (C=O) groups excluding carboxylic acids is 2. The SMILES string of the molecule is C=C1C(=O)O[C@H]2/C=C(\C)C[C@@H]3C=C(C/C=C/[C@@](C)(O)CC[C@H]12)C(=O)O3. The van der Waals surface area contributed by atoms with Crippen LogP contribution in [-0.2, 0) is 19.1 Å². The van der Waals surface area contributed by atoms with Gasteiger partial charge in [0.1, 0.15) is 12.2 Å². The lowest BCUT2D eigenvalue weighted by Gasteiger charge is -2.23. The van der Waals surface area contributed by atoms with E-state index in [2.05, 4.69) is 6.58 Å². The average Bonchev–Trinajstić information content (AvgIpc) is 2.97.